The summed E-state index contributed by atoms with van der Waals surface area (Å²) in [6, 6.07) is 13.4. The molecule has 134 valence electrons. The SMILES string of the molecule is COc1ccc(CN2C(C)Cc3cc(OC)c(OC)cc3C2C)cc1. The van der Waals surface area contributed by atoms with Crippen LogP contribution in [-0.2, 0) is 13.0 Å². The second kappa shape index (κ2) is 7.36. The van der Waals surface area contributed by atoms with E-state index in [0.717, 1.165) is 30.2 Å². The van der Waals surface area contributed by atoms with Crippen LogP contribution in [0.5, 0.6) is 17.2 Å². The van der Waals surface area contributed by atoms with Crippen molar-refractivity contribution in [2.24, 2.45) is 0 Å². The Kier molecular flexibility index (Phi) is 5.19. The average molecular weight is 341 g/mol. The number of hydrogen-bond donors (Lipinski definition) is 0. The van der Waals surface area contributed by atoms with Gasteiger partial charge in [0, 0.05) is 18.6 Å². The van der Waals surface area contributed by atoms with Crippen LogP contribution in [0, 0.1) is 0 Å². The number of fused-ring (bicyclic) bond motifs is 1. The quantitative estimate of drug-likeness (QED) is 0.815. The Bertz CT molecular complexity index is 727. The second-order valence-corrected chi connectivity index (χ2v) is 6.66. The number of rotatable bonds is 5. The molecule has 0 amide bonds. The highest BCUT2D eigenvalue weighted by Gasteiger charge is 2.30. The van der Waals surface area contributed by atoms with E-state index in [1.807, 2.05) is 12.1 Å². The maximum atomic E-state index is 5.50. The fourth-order valence-corrected chi connectivity index (χ4v) is 3.73. The molecule has 1 aliphatic rings. The summed E-state index contributed by atoms with van der Waals surface area (Å²) < 4.78 is 16.2. The molecule has 25 heavy (non-hydrogen) atoms. The smallest absolute Gasteiger partial charge is 0.161 e. The van der Waals surface area contributed by atoms with Gasteiger partial charge in [-0.25, -0.2) is 0 Å². The molecule has 1 aliphatic heterocycles. The second-order valence-electron chi connectivity index (χ2n) is 6.66. The predicted octanol–water partition coefficient (Wildman–Crippen LogP) is 4.22. The molecular formula is C21H27NO3. The molecular weight excluding hydrogens is 314 g/mol. The first-order valence-corrected chi connectivity index (χ1v) is 8.70. The van der Waals surface area contributed by atoms with Gasteiger partial charge in [-0.05, 0) is 61.2 Å². The molecule has 0 bridgehead atoms. The molecule has 2 aromatic carbocycles. The molecule has 1 heterocycles. The van der Waals surface area contributed by atoms with Gasteiger partial charge in [0.2, 0.25) is 0 Å². The molecule has 0 N–H and O–H groups in total. The van der Waals surface area contributed by atoms with Crippen LogP contribution >= 0.6 is 0 Å². The first-order chi connectivity index (χ1) is 12.1. The van der Waals surface area contributed by atoms with Gasteiger partial charge >= 0.3 is 0 Å². The van der Waals surface area contributed by atoms with Crippen molar-refractivity contribution in [3.05, 3.63) is 53.1 Å². The fraction of sp³-hybridized carbons (Fsp3) is 0.429. The molecule has 0 saturated heterocycles. The normalized spacial score (nSPS) is 20.0. The first-order valence-electron chi connectivity index (χ1n) is 8.70. The third-order valence-corrected chi connectivity index (χ3v) is 5.20. The fourth-order valence-electron chi connectivity index (χ4n) is 3.73. The lowest BCUT2D eigenvalue weighted by atomic mass is 9.88. The zero-order valence-corrected chi connectivity index (χ0v) is 15.7. The van der Waals surface area contributed by atoms with Gasteiger partial charge in [-0.1, -0.05) is 12.1 Å². The first kappa shape index (κ1) is 17.6. The third-order valence-electron chi connectivity index (χ3n) is 5.20. The van der Waals surface area contributed by atoms with Crippen molar-refractivity contribution in [2.45, 2.75) is 38.9 Å². The summed E-state index contributed by atoms with van der Waals surface area (Å²) in [4.78, 5) is 2.54. The highest BCUT2D eigenvalue weighted by atomic mass is 16.5. The van der Waals surface area contributed by atoms with Crippen molar-refractivity contribution in [2.75, 3.05) is 21.3 Å². The number of methoxy groups -OCH3 is 3. The van der Waals surface area contributed by atoms with E-state index in [4.69, 9.17) is 14.2 Å². The van der Waals surface area contributed by atoms with Gasteiger partial charge in [-0.3, -0.25) is 4.90 Å². The van der Waals surface area contributed by atoms with Crippen molar-refractivity contribution < 1.29 is 14.2 Å². The van der Waals surface area contributed by atoms with Crippen LogP contribution in [0.2, 0.25) is 0 Å². The van der Waals surface area contributed by atoms with Gasteiger partial charge < -0.3 is 14.2 Å². The summed E-state index contributed by atoms with van der Waals surface area (Å²) in [5.74, 6) is 2.50. The van der Waals surface area contributed by atoms with Crippen LogP contribution in [0.1, 0.15) is 36.6 Å². The standard InChI is InChI=1S/C21H27NO3/c1-14-10-17-11-20(24-4)21(25-5)12-19(17)15(2)22(14)13-16-6-8-18(23-3)9-7-16/h6-9,11-12,14-15H,10,13H2,1-5H3. The number of hydrogen-bond acceptors (Lipinski definition) is 4. The van der Waals surface area contributed by atoms with Crippen LogP contribution in [0.15, 0.2) is 36.4 Å². The van der Waals surface area contributed by atoms with Crippen molar-refractivity contribution in [1.82, 2.24) is 4.90 Å². The molecule has 0 aromatic heterocycles. The largest absolute Gasteiger partial charge is 0.497 e. The summed E-state index contributed by atoms with van der Waals surface area (Å²) >= 11 is 0. The zero-order valence-electron chi connectivity index (χ0n) is 15.7. The van der Waals surface area contributed by atoms with E-state index in [1.54, 1.807) is 21.3 Å². The molecule has 0 spiro atoms. The van der Waals surface area contributed by atoms with Gasteiger partial charge in [0.1, 0.15) is 5.75 Å². The monoisotopic (exact) mass is 341 g/mol. The summed E-state index contributed by atoms with van der Waals surface area (Å²) in [5.41, 5.74) is 3.97. The number of ether oxygens (including phenoxy) is 3. The molecule has 4 nitrogen and oxygen atoms in total. The topological polar surface area (TPSA) is 30.9 Å². The summed E-state index contributed by atoms with van der Waals surface area (Å²) in [6.07, 6.45) is 1.01. The highest BCUT2D eigenvalue weighted by Crippen LogP contribution is 2.40. The molecule has 3 rings (SSSR count). The van der Waals surface area contributed by atoms with Crippen molar-refractivity contribution in [1.29, 1.82) is 0 Å². The maximum Gasteiger partial charge on any atom is 0.161 e. The summed E-state index contributed by atoms with van der Waals surface area (Å²) in [6.45, 7) is 5.48. The molecule has 0 fully saturated rings. The van der Waals surface area contributed by atoms with Crippen molar-refractivity contribution in [3.63, 3.8) is 0 Å². The molecule has 2 unspecified atom stereocenters. The molecule has 4 heteroatoms. The Hall–Kier alpha value is -2.20. The molecule has 2 atom stereocenters. The summed E-state index contributed by atoms with van der Waals surface area (Å²) in [7, 11) is 5.08. The minimum Gasteiger partial charge on any atom is -0.497 e. The summed E-state index contributed by atoms with van der Waals surface area (Å²) in [5, 5.41) is 0. The van der Waals surface area contributed by atoms with Gasteiger partial charge in [0.15, 0.2) is 11.5 Å². The predicted molar refractivity (Wildman–Crippen MR) is 99.7 cm³/mol. The Morgan fingerprint density at radius 1 is 0.920 bits per heavy atom. The van der Waals surface area contributed by atoms with Crippen LogP contribution in [0.25, 0.3) is 0 Å². The zero-order chi connectivity index (χ0) is 18.0. The third kappa shape index (κ3) is 3.45. The van der Waals surface area contributed by atoms with Crippen LogP contribution in [0.4, 0.5) is 0 Å². The van der Waals surface area contributed by atoms with Crippen molar-refractivity contribution in [3.8, 4) is 17.2 Å². The van der Waals surface area contributed by atoms with E-state index in [1.165, 1.54) is 16.7 Å². The minimum absolute atomic E-state index is 0.320. The Morgan fingerprint density at radius 2 is 1.56 bits per heavy atom. The van der Waals surface area contributed by atoms with E-state index >= 15 is 0 Å². The Morgan fingerprint density at radius 3 is 2.16 bits per heavy atom. The molecule has 2 aromatic rings. The lowest BCUT2D eigenvalue weighted by Gasteiger charge is -2.40. The number of benzene rings is 2. The highest BCUT2D eigenvalue weighted by molar-refractivity contribution is 5.49. The van der Waals surface area contributed by atoms with E-state index in [-0.39, 0.29) is 0 Å². The molecule has 0 radical (unpaired) electrons. The van der Waals surface area contributed by atoms with Crippen LogP contribution in [0.3, 0.4) is 0 Å². The van der Waals surface area contributed by atoms with Crippen LogP contribution in [-0.4, -0.2) is 32.3 Å². The Labute approximate surface area is 150 Å². The Balaban J connectivity index is 1.88. The molecule has 0 saturated carbocycles. The van der Waals surface area contributed by atoms with Crippen LogP contribution < -0.4 is 14.2 Å². The van der Waals surface area contributed by atoms with E-state index in [9.17, 15) is 0 Å². The lowest BCUT2D eigenvalue weighted by Crippen LogP contribution is -2.40. The van der Waals surface area contributed by atoms with Crippen molar-refractivity contribution >= 4 is 0 Å². The van der Waals surface area contributed by atoms with Gasteiger partial charge in [-0.15, -0.1) is 0 Å². The lowest BCUT2D eigenvalue weighted by molar-refractivity contribution is 0.129. The number of nitrogens with zero attached hydrogens (tertiary/aromatic N) is 1. The van der Waals surface area contributed by atoms with E-state index in [0.29, 0.717) is 12.1 Å². The minimum atomic E-state index is 0.320. The van der Waals surface area contributed by atoms with E-state index in [2.05, 4.69) is 43.0 Å². The van der Waals surface area contributed by atoms with Gasteiger partial charge in [0.05, 0.1) is 21.3 Å². The van der Waals surface area contributed by atoms with E-state index < -0.39 is 0 Å². The molecule has 0 aliphatic carbocycles. The van der Waals surface area contributed by atoms with Gasteiger partial charge in [0.25, 0.3) is 0 Å². The maximum absolute atomic E-state index is 5.50. The van der Waals surface area contributed by atoms with Gasteiger partial charge in [-0.2, -0.15) is 0 Å². The average Bonchev–Trinajstić information content (AvgIpc) is 2.64.